The number of hydrogen-bond acceptors (Lipinski definition) is 2. The highest BCUT2D eigenvalue weighted by Gasteiger charge is 2.14. The Kier molecular flexibility index (Phi) is 3.99. The first kappa shape index (κ1) is 13.7. The van der Waals surface area contributed by atoms with Crippen LogP contribution < -0.4 is 5.32 Å². The molecule has 0 aliphatic carbocycles. The van der Waals surface area contributed by atoms with E-state index in [9.17, 15) is 9.18 Å². The fourth-order valence-electron chi connectivity index (χ4n) is 1.69. The number of benzene rings is 1. The first-order chi connectivity index (χ1) is 9.01. The number of amides is 1. The molecule has 0 unspecified atom stereocenters. The standard InChI is InChI=1S/C13H13BrFN3O/c1-3-9-7-12(18(2)17-9)13(19)16-11-6-8(15)4-5-10(11)14/h4-7H,3H2,1-2H3,(H,16,19). The Hall–Kier alpha value is -1.69. The smallest absolute Gasteiger partial charge is 0.273 e. The molecule has 0 aliphatic rings. The molecule has 0 saturated carbocycles. The molecule has 100 valence electrons. The van der Waals surface area contributed by atoms with Gasteiger partial charge in [-0.1, -0.05) is 6.92 Å². The van der Waals surface area contributed by atoms with Crippen molar-refractivity contribution >= 4 is 27.5 Å². The van der Waals surface area contributed by atoms with Gasteiger partial charge in [-0.05, 0) is 46.6 Å². The lowest BCUT2D eigenvalue weighted by Crippen LogP contribution is -2.16. The van der Waals surface area contributed by atoms with Crippen LogP contribution in [0, 0.1) is 5.82 Å². The highest BCUT2D eigenvalue weighted by Crippen LogP contribution is 2.23. The van der Waals surface area contributed by atoms with Crippen molar-refractivity contribution < 1.29 is 9.18 Å². The number of rotatable bonds is 3. The highest BCUT2D eigenvalue weighted by molar-refractivity contribution is 9.10. The lowest BCUT2D eigenvalue weighted by Gasteiger charge is -2.07. The first-order valence-corrected chi connectivity index (χ1v) is 6.60. The fourth-order valence-corrected chi connectivity index (χ4v) is 2.04. The summed E-state index contributed by atoms with van der Waals surface area (Å²) in [7, 11) is 1.70. The maximum Gasteiger partial charge on any atom is 0.273 e. The molecule has 2 rings (SSSR count). The van der Waals surface area contributed by atoms with Crippen LogP contribution in [0.3, 0.4) is 0 Å². The second kappa shape index (κ2) is 5.52. The minimum Gasteiger partial charge on any atom is -0.320 e. The summed E-state index contributed by atoms with van der Waals surface area (Å²) in [6.07, 6.45) is 0.755. The second-order valence-electron chi connectivity index (χ2n) is 4.08. The highest BCUT2D eigenvalue weighted by atomic mass is 79.9. The van der Waals surface area contributed by atoms with Gasteiger partial charge in [0, 0.05) is 11.5 Å². The zero-order chi connectivity index (χ0) is 14.0. The predicted molar refractivity (Wildman–Crippen MR) is 74.6 cm³/mol. The maximum atomic E-state index is 13.1. The quantitative estimate of drug-likeness (QED) is 0.942. The molecule has 0 radical (unpaired) electrons. The molecule has 6 heteroatoms. The molecular weight excluding hydrogens is 313 g/mol. The largest absolute Gasteiger partial charge is 0.320 e. The van der Waals surface area contributed by atoms with Crippen LogP contribution in [0.15, 0.2) is 28.7 Å². The fraction of sp³-hybridized carbons (Fsp3) is 0.231. The van der Waals surface area contributed by atoms with Crippen molar-refractivity contribution in [1.82, 2.24) is 9.78 Å². The van der Waals surface area contributed by atoms with E-state index in [4.69, 9.17) is 0 Å². The Labute approximate surface area is 118 Å². The molecule has 0 fully saturated rings. The van der Waals surface area contributed by atoms with E-state index in [0.29, 0.717) is 15.9 Å². The van der Waals surface area contributed by atoms with Gasteiger partial charge < -0.3 is 5.32 Å². The van der Waals surface area contributed by atoms with Crippen molar-refractivity contribution in [3.8, 4) is 0 Å². The lowest BCUT2D eigenvalue weighted by atomic mass is 10.2. The van der Waals surface area contributed by atoms with E-state index in [1.165, 1.54) is 16.8 Å². The number of nitrogens with zero attached hydrogens (tertiary/aromatic N) is 2. The first-order valence-electron chi connectivity index (χ1n) is 5.80. The molecule has 0 saturated heterocycles. The van der Waals surface area contributed by atoms with Gasteiger partial charge in [0.15, 0.2) is 0 Å². The molecule has 1 N–H and O–H groups in total. The van der Waals surface area contributed by atoms with Crippen molar-refractivity contribution in [2.45, 2.75) is 13.3 Å². The maximum absolute atomic E-state index is 13.1. The number of aryl methyl sites for hydroxylation is 2. The second-order valence-corrected chi connectivity index (χ2v) is 4.93. The zero-order valence-electron chi connectivity index (χ0n) is 10.6. The summed E-state index contributed by atoms with van der Waals surface area (Å²) in [5.74, 6) is -0.723. The third-order valence-corrected chi connectivity index (χ3v) is 3.39. The number of aromatic nitrogens is 2. The molecule has 0 atom stereocenters. The van der Waals surface area contributed by atoms with E-state index < -0.39 is 5.82 Å². The molecule has 4 nitrogen and oxygen atoms in total. The van der Waals surface area contributed by atoms with E-state index >= 15 is 0 Å². The van der Waals surface area contributed by atoms with Gasteiger partial charge in [-0.15, -0.1) is 0 Å². The Morgan fingerprint density at radius 1 is 1.47 bits per heavy atom. The van der Waals surface area contributed by atoms with Gasteiger partial charge in [-0.25, -0.2) is 4.39 Å². The average molecular weight is 326 g/mol. The Balaban J connectivity index is 2.25. The molecule has 1 amide bonds. The molecule has 1 aromatic carbocycles. The summed E-state index contributed by atoms with van der Waals surface area (Å²) in [5.41, 5.74) is 1.67. The van der Waals surface area contributed by atoms with Crippen LogP contribution in [0.2, 0.25) is 0 Å². The van der Waals surface area contributed by atoms with Crippen molar-refractivity contribution in [1.29, 1.82) is 0 Å². The van der Waals surface area contributed by atoms with E-state index in [0.717, 1.165) is 12.1 Å². The summed E-state index contributed by atoms with van der Waals surface area (Å²) in [6.45, 7) is 1.97. The third kappa shape index (κ3) is 3.01. The number of halogens is 2. The van der Waals surface area contributed by atoms with Crippen molar-refractivity contribution in [2.24, 2.45) is 7.05 Å². The average Bonchev–Trinajstić information content (AvgIpc) is 2.75. The molecule has 0 bridgehead atoms. The Morgan fingerprint density at radius 3 is 2.84 bits per heavy atom. The summed E-state index contributed by atoms with van der Waals surface area (Å²) in [4.78, 5) is 12.1. The van der Waals surface area contributed by atoms with Gasteiger partial charge in [0.05, 0.1) is 11.4 Å². The van der Waals surface area contributed by atoms with Gasteiger partial charge >= 0.3 is 0 Å². The van der Waals surface area contributed by atoms with Crippen LogP contribution in [0.25, 0.3) is 0 Å². The topological polar surface area (TPSA) is 46.9 Å². The van der Waals surface area contributed by atoms with E-state index in [1.807, 2.05) is 6.92 Å². The summed E-state index contributed by atoms with van der Waals surface area (Å²) < 4.78 is 15.3. The van der Waals surface area contributed by atoms with Crippen LogP contribution >= 0.6 is 15.9 Å². The molecule has 19 heavy (non-hydrogen) atoms. The Morgan fingerprint density at radius 2 is 2.21 bits per heavy atom. The van der Waals surface area contributed by atoms with E-state index in [-0.39, 0.29) is 5.91 Å². The van der Waals surface area contributed by atoms with Crippen molar-refractivity contribution in [3.05, 3.63) is 45.9 Å². The van der Waals surface area contributed by atoms with Crippen LogP contribution in [0.5, 0.6) is 0 Å². The number of anilines is 1. The van der Waals surface area contributed by atoms with Gasteiger partial charge in [0.1, 0.15) is 11.5 Å². The number of carbonyl (C=O) groups is 1. The van der Waals surface area contributed by atoms with Gasteiger partial charge in [0.25, 0.3) is 5.91 Å². The van der Waals surface area contributed by atoms with E-state index in [2.05, 4.69) is 26.3 Å². The number of hydrogen-bond donors (Lipinski definition) is 1. The number of nitrogens with one attached hydrogen (secondary N) is 1. The minimum atomic E-state index is -0.405. The summed E-state index contributed by atoms with van der Waals surface area (Å²) >= 11 is 3.27. The SMILES string of the molecule is CCc1cc(C(=O)Nc2cc(F)ccc2Br)n(C)n1. The van der Waals surface area contributed by atoms with Crippen molar-refractivity contribution in [2.75, 3.05) is 5.32 Å². The van der Waals surface area contributed by atoms with Gasteiger partial charge in [-0.2, -0.15) is 5.10 Å². The third-order valence-electron chi connectivity index (χ3n) is 2.70. The molecule has 2 aromatic rings. The van der Waals surface area contributed by atoms with Crippen LogP contribution in [0.1, 0.15) is 23.1 Å². The van der Waals surface area contributed by atoms with Crippen LogP contribution in [0.4, 0.5) is 10.1 Å². The normalized spacial score (nSPS) is 10.5. The van der Waals surface area contributed by atoms with Crippen LogP contribution in [-0.4, -0.2) is 15.7 Å². The molecule has 1 aromatic heterocycles. The molecular formula is C13H13BrFN3O. The van der Waals surface area contributed by atoms with E-state index in [1.54, 1.807) is 19.2 Å². The predicted octanol–water partition coefficient (Wildman–Crippen LogP) is 3.14. The van der Waals surface area contributed by atoms with Gasteiger partial charge in [0.2, 0.25) is 0 Å². The van der Waals surface area contributed by atoms with Crippen LogP contribution in [-0.2, 0) is 13.5 Å². The Bertz CT molecular complexity index is 624. The number of carbonyl (C=O) groups excluding carboxylic acids is 1. The molecule has 0 spiro atoms. The lowest BCUT2D eigenvalue weighted by molar-refractivity contribution is 0.101. The minimum absolute atomic E-state index is 0.319. The summed E-state index contributed by atoms with van der Waals surface area (Å²) in [5, 5.41) is 6.86. The monoisotopic (exact) mass is 325 g/mol. The van der Waals surface area contributed by atoms with Crippen molar-refractivity contribution in [3.63, 3.8) is 0 Å². The summed E-state index contributed by atoms with van der Waals surface area (Å²) in [6, 6.07) is 5.85. The molecule has 0 aliphatic heterocycles. The molecule has 1 heterocycles. The van der Waals surface area contributed by atoms with Gasteiger partial charge in [-0.3, -0.25) is 9.48 Å². The zero-order valence-corrected chi connectivity index (χ0v) is 12.2.